The number of aryl methyl sites for hydroxylation is 1. The largest absolute Gasteiger partial charge is 0.491 e. The average molecular weight is 509 g/mol. The van der Waals surface area contributed by atoms with Crippen LogP contribution in [-0.4, -0.2) is 47.9 Å². The Kier molecular flexibility index (Phi) is 8.41. The third-order valence-electron chi connectivity index (χ3n) is 6.79. The maximum atomic E-state index is 14.4. The summed E-state index contributed by atoms with van der Waals surface area (Å²) in [6, 6.07) is 15.6. The van der Waals surface area contributed by atoms with Crippen LogP contribution in [0.5, 0.6) is 5.75 Å². The predicted molar refractivity (Wildman–Crippen MR) is 141 cm³/mol. The van der Waals surface area contributed by atoms with Crippen molar-refractivity contribution in [2.45, 2.75) is 39.7 Å². The maximum Gasteiger partial charge on any atom is 0.257 e. The van der Waals surface area contributed by atoms with Crippen molar-refractivity contribution in [3.63, 3.8) is 0 Å². The first-order valence-electron chi connectivity index (χ1n) is 12.5. The summed E-state index contributed by atoms with van der Waals surface area (Å²) in [5.41, 5.74) is 2.24. The molecule has 0 aliphatic carbocycles. The van der Waals surface area contributed by atoms with Crippen molar-refractivity contribution in [1.82, 2.24) is 9.80 Å². The van der Waals surface area contributed by atoms with Gasteiger partial charge in [0, 0.05) is 18.0 Å². The topological polar surface area (TPSA) is 49.9 Å². The highest BCUT2D eigenvalue weighted by molar-refractivity contribution is 7.10. The average Bonchev–Trinajstić information content (AvgIpc) is 3.36. The molecule has 1 aromatic heterocycles. The molecule has 2 atom stereocenters. The number of benzene rings is 2. The summed E-state index contributed by atoms with van der Waals surface area (Å²) in [4.78, 5) is 31.6. The van der Waals surface area contributed by atoms with Crippen LogP contribution in [0, 0.1) is 18.7 Å². The molecule has 0 radical (unpaired) electrons. The molecular weight excluding hydrogens is 475 g/mol. The number of amides is 2. The molecule has 36 heavy (non-hydrogen) atoms. The van der Waals surface area contributed by atoms with Gasteiger partial charge in [0.15, 0.2) is 0 Å². The molecule has 0 saturated carbocycles. The van der Waals surface area contributed by atoms with Gasteiger partial charge in [-0.05, 0) is 60.5 Å². The van der Waals surface area contributed by atoms with Gasteiger partial charge in [0.05, 0.1) is 11.6 Å². The first-order chi connectivity index (χ1) is 17.4. The van der Waals surface area contributed by atoms with Crippen LogP contribution in [0.1, 0.15) is 52.7 Å². The number of ether oxygens (including phenoxy) is 1. The molecule has 0 N–H and O–H groups in total. The van der Waals surface area contributed by atoms with Crippen molar-refractivity contribution in [2.24, 2.45) is 5.92 Å². The number of nitrogens with zero attached hydrogens (tertiary/aromatic N) is 2. The molecule has 2 aromatic carbocycles. The second kappa shape index (κ2) is 11.7. The summed E-state index contributed by atoms with van der Waals surface area (Å²) in [7, 11) is 0. The molecule has 7 heteroatoms. The Morgan fingerprint density at radius 1 is 1.17 bits per heavy atom. The lowest BCUT2D eigenvalue weighted by Crippen LogP contribution is -2.48. The van der Waals surface area contributed by atoms with Gasteiger partial charge in [0.2, 0.25) is 5.91 Å². The summed E-state index contributed by atoms with van der Waals surface area (Å²) in [5, 5.41) is 2.05. The zero-order valence-electron chi connectivity index (χ0n) is 21.1. The second-order valence-corrected chi connectivity index (χ2v) is 10.5. The van der Waals surface area contributed by atoms with Crippen molar-refractivity contribution in [3.8, 4) is 5.75 Å². The highest BCUT2D eigenvalue weighted by Gasteiger charge is 2.34. The fraction of sp³-hybridized carbons (Fsp3) is 0.379. The van der Waals surface area contributed by atoms with Gasteiger partial charge in [0.25, 0.3) is 5.91 Å². The lowest BCUT2D eigenvalue weighted by atomic mass is 10.00. The first-order valence-corrected chi connectivity index (χ1v) is 13.3. The molecule has 4 rings (SSSR count). The summed E-state index contributed by atoms with van der Waals surface area (Å²) < 4.78 is 20.5. The zero-order chi connectivity index (χ0) is 25.7. The van der Waals surface area contributed by atoms with Gasteiger partial charge in [-0.3, -0.25) is 9.59 Å². The molecule has 190 valence electrons. The third-order valence-corrected chi connectivity index (χ3v) is 7.79. The molecule has 0 fully saturated rings. The van der Waals surface area contributed by atoms with Gasteiger partial charge in [-0.15, -0.1) is 11.3 Å². The molecule has 2 heterocycles. The number of carbonyl (C=O) groups is 2. The Balaban J connectivity index is 1.55. The van der Waals surface area contributed by atoms with Crippen LogP contribution >= 0.6 is 11.3 Å². The summed E-state index contributed by atoms with van der Waals surface area (Å²) in [6.07, 6.45) is 1.62. The minimum Gasteiger partial charge on any atom is -0.491 e. The van der Waals surface area contributed by atoms with Crippen molar-refractivity contribution >= 4 is 23.2 Å². The Bertz CT molecular complexity index is 1190. The van der Waals surface area contributed by atoms with E-state index in [2.05, 4.69) is 11.4 Å². The van der Waals surface area contributed by atoms with Crippen molar-refractivity contribution in [1.29, 1.82) is 0 Å². The van der Waals surface area contributed by atoms with Crippen molar-refractivity contribution in [2.75, 3.05) is 26.2 Å². The number of hydrogen-bond acceptors (Lipinski definition) is 4. The van der Waals surface area contributed by atoms with E-state index in [9.17, 15) is 14.0 Å². The van der Waals surface area contributed by atoms with E-state index in [4.69, 9.17) is 4.74 Å². The van der Waals surface area contributed by atoms with E-state index in [1.807, 2.05) is 49.9 Å². The van der Waals surface area contributed by atoms with E-state index in [0.717, 1.165) is 29.7 Å². The lowest BCUT2D eigenvalue weighted by molar-refractivity contribution is -0.135. The number of hydrogen-bond donors (Lipinski definition) is 0. The van der Waals surface area contributed by atoms with Crippen LogP contribution in [0.15, 0.2) is 60.0 Å². The van der Waals surface area contributed by atoms with Gasteiger partial charge in [0.1, 0.15) is 24.7 Å². The number of carbonyl (C=O) groups excluding carboxylic acids is 2. The molecule has 0 bridgehead atoms. The quantitative estimate of drug-likeness (QED) is 0.362. The molecule has 3 aromatic rings. The van der Waals surface area contributed by atoms with Crippen LogP contribution in [0.3, 0.4) is 0 Å². The molecule has 5 nitrogen and oxygen atoms in total. The molecule has 2 amide bonds. The highest BCUT2D eigenvalue weighted by atomic mass is 32.1. The normalized spacial score (nSPS) is 15.8. The number of fused-ring (bicyclic) bond motifs is 1. The van der Waals surface area contributed by atoms with Crippen LogP contribution < -0.4 is 4.74 Å². The minimum absolute atomic E-state index is 0.00776. The van der Waals surface area contributed by atoms with Gasteiger partial charge >= 0.3 is 0 Å². The molecule has 1 aliphatic heterocycles. The number of rotatable bonds is 9. The van der Waals surface area contributed by atoms with E-state index >= 15 is 0 Å². The molecule has 0 saturated heterocycles. The van der Waals surface area contributed by atoms with Crippen LogP contribution in [0.2, 0.25) is 0 Å². The lowest BCUT2D eigenvalue weighted by Gasteiger charge is -2.37. The van der Waals surface area contributed by atoms with Crippen molar-refractivity contribution < 1.29 is 18.7 Å². The Labute approximate surface area is 216 Å². The summed E-state index contributed by atoms with van der Waals surface area (Å²) in [5.74, 6) is -0.253. The monoisotopic (exact) mass is 508 g/mol. The maximum absolute atomic E-state index is 14.4. The highest BCUT2D eigenvalue weighted by Crippen LogP contribution is 2.34. The molecule has 0 spiro atoms. The Morgan fingerprint density at radius 2 is 1.92 bits per heavy atom. The Hall–Kier alpha value is -3.19. The van der Waals surface area contributed by atoms with E-state index in [1.54, 1.807) is 23.5 Å². The van der Waals surface area contributed by atoms with E-state index < -0.39 is 11.7 Å². The van der Waals surface area contributed by atoms with Gasteiger partial charge < -0.3 is 14.5 Å². The molecular formula is C29H33FN2O3S. The second-order valence-electron chi connectivity index (χ2n) is 9.46. The molecule has 1 aliphatic rings. The SMILES string of the molecule is CC[C@H](C)CN(CC(=O)N1CCc2sccc2[C@@H]1COc1ccc(C)cc1)C(=O)c1ccccc1F. The van der Waals surface area contributed by atoms with Gasteiger partial charge in [-0.1, -0.05) is 50.1 Å². The minimum atomic E-state index is -0.575. The van der Waals surface area contributed by atoms with Crippen LogP contribution in [0.25, 0.3) is 0 Å². The third kappa shape index (κ3) is 5.95. The van der Waals surface area contributed by atoms with E-state index in [1.165, 1.54) is 21.9 Å². The van der Waals surface area contributed by atoms with E-state index in [0.29, 0.717) is 19.7 Å². The predicted octanol–water partition coefficient (Wildman–Crippen LogP) is 5.89. The smallest absolute Gasteiger partial charge is 0.257 e. The molecule has 0 unspecified atom stereocenters. The van der Waals surface area contributed by atoms with Crippen LogP contribution in [-0.2, 0) is 11.2 Å². The van der Waals surface area contributed by atoms with Crippen molar-refractivity contribution in [3.05, 3.63) is 87.4 Å². The van der Waals surface area contributed by atoms with Gasteiger partial charge in [-0.2, -0.15) is 0 Å². The fourth-order valence-electron chi connectivity index (χ4n) is 4.47. The summed E-state index contributed by atoms with van der Waals surface area (Å²) in [6.45, 7) is 7.26. The number of halogens is 1. The summed E-state index contributed by atoms with van der Waals surface area (Å²) >= 11 is 1.70. The van der Waals surface area contributed by atoms with E-state index in [-0.39, 0.29) is 30.0 Å². The Morgan fingerprint density at radius 3 is 2.64 bits per heavy atom. The fourth-order valence-corrected chi connectivity index (χ4v) is 5.40. The van der Waals surface area contributed by atoms with Crippen LogP contribution in [0.4, 0.5) is 4.39 Å². The first kappa shape index (κ1) is 25.9. The number of thiophene rings is 1. The van der Waals surface area contributed by atoms with Gasteiger partial charge in [-0.25, -0.2) is 4.39 Å². The zero-order valence-corrected chi connectivity index (χ0v) is 21.9. The standard InChI is InChI=1S/C29H33FN2O3S/c1-4-20(2)17-31(29(34)23-7-5-6-8-25(23)30)18-28(33)32-15-13-27-24(14-16-36-27)26(32)19-35-22-11-9-21(3)10-12-22/h5-12,14,16,20,26H,4,13,15,17-19H2,1-3H3/t20-,26-/m0/s1.